The summed E-state index contributed by atoms with van der Waals surface area (Å²) in [6.45, 7) is 5.75. The average molecular weight is 462 g/mol. The van der Waals surface area contributed by atoms with Crippen LogP contribution in [-0.2, 0) is 9.53 Å². The first-order valence-electron chi connectivity index (χ1n) is 11.2. The minimum Gasteiger partial charge on any atom is -0.492 e. The maximum atomic E-state index is 14.3. The zero-order chi connectivity index (χ0) is 23.2. The summed E-state index contributed by atoms with van der Waals surface area (Å²) < 4.78 is 12.1. The lowest BCUT2D eigenvalue weighted by atomic mass is 9.64. The van der Waals surface area contributed by atoms with Gasteiger partial charge in [-0.3, -0.25) is 14.9 Å². The van der Waals surface area contributed by atoms with Gasteiger partial charge in [0.2, 0.25) is 0 Å². The molecule has 0 aliphatic carbocycles. The zero-order valence-electron chi connectivity index (χ0n) is 18.9. The van der Waals surface area contributed by atoms with Gasteiger partial charge in [0, 0.05) is 16.8 Å². The number of hydrogen-bond donors (Lipinski definition) is 1. The van der Waals surface area contributed by atoms with Crippen molar-refractivity contribution in [2.24, 2.45) is 5.41 Å². The molecule has 1 N–H and O–H groups in total. The highest BCUT2D eigenvalue weighted by atomic mass is 32.1. The molecule has 2 aliphatic rings. The molecule has 6 heteroatoms. The van der Waals surface area contributed by atoms with Gasteiger partial charge in [-0.1, -0.05) is 48.5 Å². The summed E-state index contributed by atoms with van der Waals surface area (Å²) in [5, 5.41) is 5.50. The summed E-state index contributed by atoms with van der Waals surface area (Å²) in [6, 6.07) is 20.1. The third-order valence-corrected chi connectivity index (χ3v) is 7.37. The van der Waals surface area contributed by atoms with Crippen LogP contribution >= 0.6 is 11.3 Å². The first kappa shape index (κ1) is 21.9. The minimum atomic E-state index is -0.998. The smallest absolute Gasteiger partial charge is 0.324 e. The molecule has 1 saturated heterocycles. The van der Waals surface area contributed by atoms with Crippen molar-refractivity contribution >= 4 is 23.1 Å². The lowest BCUT2D eigenvalue weighted by Gasteiger charge is -2.41. The molecule has 33 heavy (non-hydrogen) atoms. The van der Waals surface area contributed by atoms with Crippen LogP contribution in [0.1, 0.15) is 53.5 Å². The standard InChI is InChI=1S/C27H27NO4S/c1-26(2,3)32-25(30)22-21(20-14-9-15-33-20)27(23(28-22)17-10-5-4-6-11-17)16-31-19-13-8-7-12-18(19)24(27)29/h4-15,21-23,28H,16H2,1-3H3/t21-,22+,23+,27+/m1/s1. The maximum absolute atomic E-state index is 14.3. The van der Waals surface area contributed by atoms with Gasteiger partial charge in [-0.15, -0.1) is 11.3 Å². The topological polar surface area (TPSA) is 64.6 Å². The number of carbonyl (C=O) groups is 2. The van der Waals surface area contributed by atoms with Gasteiger partial charge in [0.1, 0.15) is 24.0 Å². The highest BCUT2D eigenvalue weighted by molar-refractivity contribution is 7.10. The van der Waals surface area contributed by atoms with Crippen LogP contribution in [0.4, 0.5) is 0 Å². The average Bonchev–Trinajstić information content (AvgIpc) is 3.43. The van der Waals surface area contributed by atoms with Gasteiger partial charge in [0.25, 0.3) is 0 Å². The van der Waals surface area contributed by atoms with E-state index in [9.17, 15) is 9.59 Å². The summed E-state index contributed by atoms with van der Waals surface area (Å²) in [4.78, 5) is 28.8. The molecule has 2 aromatic carbocycles. The number of nitrogens with one attached hydrogen (secondary N) is 1. The van der Waals surface area contributed by atoms with Crippen molar-refractivity contribution < 1.29 is 19.1 Å². The second-order valence-corrected chi connectivity index (χ2v) is 10.6. The third-order valence-electron chi connectivity index (χ3n) is 6.41. The predicted molar refractivity (Wildman–Crippen MR) is 128 cm³/mol. The molecule has 4 atom stereocenters. The Morgan fingerprint density at radius 3 is 2.48 bits per heavy atom. The minimum absolute atomic E-state index is 0.00448. The van der Waals surface area contributed by atoms with Crippen molar-refractivity contribution in [2.75, 3.05) is 6.61 Å². The zero-order valence-corrected chi connectivity index (χ0v) is 19.7. The van der Waals surface area contributed by atoms with E-state index in [2.05, 4.69) is 5.32 Å². The number of ether oxygens (including phenoxy) is 2. The molecule has 3 heterocycles. The second-order valence-electron chi connectivity index (χ2n) is 9.67. The normalized spacial score (nSPS) is 26.6. The second kappa shape index (κ2) is 8.12. The van der Waals surface area contributed by atoms with Gasteiger partial charge in [0.15, 0.2) is 5.78 Å². The van der Waals surface area contributed by atoms with Crippen molar-refractivity contribution in [3.05, 3.63) is 88.1 Å². The lowest BCUT2D eigenvalue weighted by molar-refractivity contribution is -0.157. The molecule has 1 fully saturated rings. The summed E-state index contributed by atoms with van der Waals surface area (Å²) in [7, 11) is 0. The lowest BCUT2D eigenvalue weighted by Crippen LogP contribution is -2.48. The molecule has 3 aromatic rings. The van der Waals surface area contributed by atoms with Crippen LogP contribution in [0.2, 0.25) is 0 Å². The van der Waals surface area contributed by atoms with Crippen LogP contribution in [0.25, 0.3) is 0 Å². The predicted octanol–water partition coefficient (Wildman–Crippen LogP) is 5.15. The summed E-state index contributed by atoms with van der Waals surface area (Å²) in [6.07, 6.45) is 0. The molecule has 0 unspecified atom stereocenters. The number of carbonyl (C=O) groups excluding carboxylic acids is 2. The number of hydrogen-bond acceptors (Lipinski definition) is 6. The Balaban J connectivity index is 1.70. The van der Waals surface area contributed by atoms with E-state index in [0.717, 1.165) is 10.4 Å². The number of thiophene rings is 1. The van der Waals surface area contributed by atoms with Crippen molar-refractivity contribution in [3.8, 4) is 5.75 Å². The van der Waals surface area contributed by atoms with Crippen molar-refractivity contribution in [1.82, 2.24) is 5.32 Å². The molecule has 0 bridgehead atoms. The number of ketones is 1. The summed E-state index contributed by atoms with van der Waals surface area (Å²) in [5.74, 6) is -0.204. The molecule has 0 amide bonds. The highest BCUT2D eigenvalue weighted by Crippen LogP contribution is 2.58. The largest absolute Gasteiger partial charge is 0.492 e. The Labute approximate surface area is 197 Å². The number of para-hydroxylation sites is 1. The van der Waals surface area contributed by atoms with Crippen LogP contribution in [0, 0.1) is 5.41 Å². The Kier molecular flexibility index (Phi) is 5.38. The quantitative estimate of drug-likeness (QED) is 0.547. The Bertz CT molecular complexity index is 1170. The first-order chi connectivity index (χ1) is 15.8. The number of Topliss-reactive ketones (excluding diaryl/α,β-unsaturated/α-hetero) is 1. The van der Waals surface area contributed by atoms with Gasteiger partial charge in [-0.2, -0.15) is 0 Å². The fourth-order valence-corrected chi connectivity index (χ4v) is 6.10. The van der Waals surface area contributed by atoms with E-state index in [1.54, 1.807) is 11.3 Å². The van der Waals surface area contributed by atoms with Crippen molar-refractivity contribution in [3.63, 3.8) is 0 Å². The van der Waals surface area contributed by atoms with Crippen LogP contribution in [0.5, 0.6) is 5.75 Å². The molecule has 1 spiro atoms. The Morgan fingerprint density at radius 2 is 1.79 bits per heavy atom. The van der Waals surface area contributed by atoms with Gasteiger partial charge in [-0.25, -0.2) is 0 Å². The van der Waals surface area contributed by atoms with E-state index in [1.165, 1.54) is 0 Å². The van der Waals surface area contributed by atoms with Gasteiger partial charge >= 0.3 is 5.97 Å². The van der Waals surface area contributed by atoms with Crippen molar-refractivity contribution in [2.45, 2.75) is 44.4 Å². The summed E-state index contributed by atoms with van der Waals surface area (Å²) in [5.41, 5.74) is -0.141. The number of rotatable bonds is 3. The fourth-order valence-electron chi connectivity index (χ4n) is 5.14. The molecule has 5 nitrogen and oxygen atoms in total. The van der Waals surface area contributed by atoms with E-state index in [1.807, 2.05) is 92.9 Å². The van der Waals surface area contributed by atoms with Crippen LogP contribution in [0.15, 0.2) is 72.1 Å². The van der Waals surface area contributed by atoms with E-state index in [4.69, 9.17) is 9.47 Å². The first-order valence-corrected chi connectivity index (χ1v) is 12.0. The molecule has 0 saturated carbocycles. The monoisotopic (exact) mass is 461 g/mol. The summed E-state index contributed by atoms with van der Waals surface area (Å²) >= 11 is 1.55. The van der Waals surface area contributed by atoms with Gasteiger partial charge in [-0.05, 0) is 49.9 Å². The highest BCUT2D eigenvalue weighted by Gasteiger charge is 2.65. The van der Waals surface area contributed by atoms with E-state index in [-0.39, 0.29) is 18.4 Å². The Hall–Kier alpha value is -2.96. The van der Waals surface area contributed by atoms with E-state index in [0.29, 0.717) is 11.3 Å². The van der Waals surface area contributed by atoms with Crippen LogP contribution < -0.4 is 10.1 Å². The molecule has 5 rings (SSSR count). The number of fused-ring (bicyclic) bond motifs is 1. The third kappa shape index (κ3) is 3.67. The molecule has 0 radical (unpaired) electrons. The molecule has 170 valence electrons. The van der Waals surface area contributed by atoms with Crippen molar-refractivity contribution in [1.29, 1.82) is 0 Å². The van der Waals surface area contributed by atoms with Gasteiger partial charge < -0.3 is 9.47 Å². The van der Waals surface area contributed by atoms with Crippen LogP contribution in [-0.4, -0.2) is 30.0 Å². The number of esters is 1. The molecular weight excluding hydrogens is 434 g/mol. The molecule has 2 aliphatic heterocycles. The fraction of sp³-hybridized carbons (Fsp3) is 0.333. The molecule has 1 aromatic heterocycles. The van der Waals surface area contributed by atoms with E-state index >= 15 is 0 Å². The molecular formula is C27H27NO4S. The Morgan fingerprint density at radius 1 is 1.06 bits per heavy atom. The van der Waals surface area contributed by atoms with Crippen LogP contribution in [0.3, 0.4) is 0 Å². The SMILES string of the molecule is CC(C)(C)OC(=O)[C@H]1N[C@@H](c2ccccc2)[C@]2(COc3ccccc3C2=O)[C@@H]1c1cccs1. The number of benzene rings is 2. The van der Waals surface area contributed by atoms with E-state index < -0.39 is 29.0 Å². The van der Waals surface area contributed by atoms with Gasteiger partial charge in [0.05, 0.1) is 11.0 Å². The maximum Gasteiger partial charge on any atom is 0.324 e.